The Labute approximate surface area is 121 Å². The van der Waals surface area contributed by atoms with E-state index in [9.17, 15) is 13.2 Å². The van der Waals surface area contributed by atoms with E-state index in [4.69, 9.17) is 27.9 Å². The molecule has 1 saturated heterocycles. The molecule has 0 bridgehead atoms. The van der Waals surface area contributed by atoms with Crippen LogP contribution < -0.4 is 4.74 Å². The van der Waals surface area contributed by atoms with Crippen LogP contribution in [0.15, 0.2) is 18.2 Å². The number of rotatable bonds is 3. The molecule has 1 atom stereocenters. The van der Waals surface area contributed by atoms with Gasteiger partial charge in [0.15, 0.2) is 9.84 Å². The van der Waals surface area contributed by atoms with Crippen LogP contribution in [0.2, 0.25) is 10.0 Å². The van der Waals surface area contributed by atoms with Crippen LogP contribution >= 0.6 is 23.2 Å². The molecule has 1 unspecified atom stereocenters. The third-order valence-electron chi connectivity index (χ3n) is 2.90. The lowest BCUT2D eigenvalue weighted by atomic mass is 10.1. The van der Waals surface area contributed by atoms with E-state index in [0.717, 1.165) is 0 Å². The number of carbonyl (C=O) groups is 1. The fraction of sp³-hybridized carbons (Fsp3) is 0.417. The molecular formula is C12H12Cl2O4S. The maximum atomic E-state index is 11.7. The number of hydrogen-bond acceptors (Lipinski definition) is 4. The van der Waals surface area contributed by atoms with Crippen molar-refractivity contribution in [3.8, 4) is 5.75 Å². The van der Waals surface area contributed by atoms with E-state index in [1.54, 1.807) is 6.07 Å². The fourth-order valence-corrected chi connectivity index (χ4v) is 4.30. The van der Waals surface area contributed by atoms with Gasteiger partial charge in [0.05, 0.1) is 16.5 Å². The number of hydrogen-bond donors (Lipinski definition) is 0. The Bertz CT molecular complexity index is 598. The Morgan fingerprint density at radius 1 is 1.37 bits per heavy atom. The van der Waals surface area contributed by atoms with E-state index >= 15 is 0 Å². The van der Waals surface area contributed by atoms with Gasteiger partial charge >= 0.3 is 5.97 Å². The zero-order valence-electron chi connectivity index (χ0n) is 9.93. The average molecular weight is 323 g/mol. The van der Waals surface area contributed by atoms with Crippen molar-refractivity contribution in [2.45, 2.75) is 12.8 Å². The van der Waals surface area contributed by atoms with Gasteiger partial charge in [0, 0.05) is 11.4 Å². The largest absolute Gasteiger partial charge is 0.425 e. The third-order valence-corrected chi connectivity index (χ3v) is 5.27. The van der Waals surface area contributed by atoms with Crippen LogP contribution in [0, 0.1) is 5.92 Å². The molecule has 1 aromatic rings. The summed E-state index contributed by atoms with van der Waals surface area (Å²) in [6, 6.07) is 4.55. The number of benzene rings is 1. The van der Waals surface area contributed by atoms with Crippen molar-refractivity contribution >= 4 is 39.0 Å². The summed E-state index contributed by atoms with van der Waals surface area (Å²) in [6.45, 7) is 0. The molecule has 0 N–H and O–H groups in total. The molecular weight excluding hydrogens is 311 g/mol. The molecule has 1 fully saturated rings. The normalized spacial score (nSPS) is 21.3. The second-order valence-corrected chi connectivity index (χ2v) is 7.59. The van der Waals surface area contributed by atoms with Gasteiger partial charge in [-0.25, -0.2) is 8.42 Å². The molecule has 0 spiro atoms. The lowest BCUT2D eigenvalue weighted by Gasteiger charge is -2.09. The molecule has 104 valence electrons. The zero-order chi connectivity index (χ0) is 14.0. The monoisotopic (exact) mass is 322 g/mol. The molecule has 7 heteroatoms. The van der Waals surface area contributed by atoms with Gasteiger partial charge < -0.3 is 4.74 Å². The molecule has 19 heavy (non-hydrogen) atoms. The molecule has 1 aliphatic rings. The minimum atomic E-state index is -2.98. The number of sulfone groups is 1. The second-order valence-electron chi connectivity index (χ2n) is 4.52. The van der Waals surface area contributed by atoms with Gasteiger partial charge in [0.2, 0.25) is 0 Å². The van der Waals surface area contributed by atoms with Gasteiger partial charge in [0.1, 0.15) is 5.75 Å². The summed E-state index contributed by atoms with van der Waals surface area (Å²) in [5.41, 5.74) is 0. The first-order valence-electron chi connectivity index (χ1n) is 5.72. The van der Waals surface area contributed by atoms with Crippen molar-refractivity contribution in [1.82, 2.24) is 0 Å². The van der Waals surface area contributed by atoms with Crippen molar-refractivity contribution in [3.05, 3.63) is 28.2 Å². The Kier molecular flexibility index (Phi) is 4.38. The summed E-state index contributed by atoms with van der Waals surface area (Å²) in [7, 11) is -2.98. The Balaban J connectivity index is 1.95. The highest BCUT2D eigenvalue weighted by molar-refractivity contribution is 7.91. The third kappa shape index (κ3) is 4.09. The Morgan fingerprint density at radius 2 is 2.11 bits per heavy atom. The quantitative estimate of drug-likeness (QED) is 0.634. The molecule has 4 nitrogen and oxygen atoms in total. The van der Waals surface area contributed by atoms with Crippen molar-refractivity contribution in [1.29, 1.82) is 0 Å². The lowest BCUT2D eigenvalue weighted by Crippen LogP contribution is -2.15. The zero-order valence-corrected chi connectivity index (χ0v) is 12.3. The highest BCUT2D eigenvalue weighted by Gasteiger charge is 2.30. The molecule has 0 radical (unpaired) electrons. The average Bonchev–Trinajstić information content (AvgIpc) is 2.62. The van der Waals surface area contributed by atoms with E-state index in [-0.39, 0.29) is 34.6 Å². The van der Waals surface area contributed by atoms with Gasteiger partial charge in [0.25, 0.3) is 0 Å². The number of ether oxygens (including phenoxy) is 1. The predicted octanol–water partition coefficient (Wildman–Crippen LogP) is 2.72. The molecule has 0 saturated carbocycles. The van der Waals surface area contributed by atoms with E-state index < -0.39 is 15.8 Å². The Hall–Kier alpha value is -0.780. The minimum absolute atomic E-state index is 0.0520. The van der Waals surface area contributed by atoms with Crippen molar-refractivity contribution in [2.24, 2.45) is 5.92 Å². The van der Waals surface area contributed by atoms with E-state index in [1.807, 2.05) is 0 Å². The highest BCUT2D eigenvalue weighted by atomic mass is 35.5. The van der Waals surface area contributed by atoms with Crippen molar-refractivity contribution < 1.29 is 17.9 Å². The molecule has 1 aliphatic heterocycles. The summed E-state index contributed by atoms with van der Waals surface area (Å²) >= 11 is 11.6. The Morgan fingerprint density at radius 3 is 2.68 bits per heavy atom. The molecule has 1 heterocycles. The molecule has 1 aromatic carbocycles. The molecule has 0 aliphatic carbocycles. The van der Waals surface area contributed by atoms with Gasteiger partial charge in [-0.15, -0.1) is 0 Å². The maximum absolute atomic E-state index is 11.7. The molecule has 0 amide bonds. The number of carbonyl (C=O) groups excluding carboxylic acids is 1. The first-order valence-corrected chi connectivity index (χ1v) is 8.29. The van der Waals surface area contributed by atoms with Crippen LogP contribution in [0.3, 0.4) is 0 Å². The van der Waals surface area contributed by atoms with Crippen LogP contribution in [0.1, 0.15) is 12.8 Å². The van der Waals surface area contributed by atoms with Crippen molar-refractivity contribution in [2.75, 3.05) is 11.5 Å². The smallest absolute Gasteiger partial charge is 0.311 e. The molecule has 0 aromatic heterocycles. The van der Waals surface area contributed by atoms with Crippen LogP contribution in [0.5, 0.6) is 5.75 Å². The van der Waals surface area contributed by atoms with Gasteiger partial charge in [-0.1, -0.05) is 23.2 Å². The van der Waals surface area contributed by atoms with E-state index in [0.29, 0.717) is 11.4 Å². The van der Waals surface area contributed by atoms with Crippen LogP contribution in [0.25, 0.3) is 0 Å². The second kappa shape index (κ2) is 5.69. The first-order chi connectivity index (χ1) is 8.85. The van der Waals surface area contributed by atoms with Crippen LogP contribution in [-0.2, 0) is 14.6 Å². The maximum Gasteiger partial charge on any atom is 0.311 e. The summed E-state index contributed by atoms with van der Waals surface area (Å²) in [5.74, 6) is -0.213. The van der Waals surface area contributed by atoms with Gasteiger partial charge in [-0.2, -0.15) is 0 Å². The molecule has 2 rings (SSSR count). The lowest BCUT2D eigenvalue weighted by molar-refractivity contribution is -0.135. The summed E-state index contributed by atoms with van der Waals surface area (Å²) in [4.78, 5) is 11.7. The van der Waals surface area contributed by atoms with Gasteiger partial charge in [-0.05, 0) is 30.5 Å². The topological polar surface area (TPSA) is 60.4 Å². The fourth-order valence-electron chi connectivity index (χ4n) is 1.99. The number of esters is 1. The van der Waals surface area contributed by atoms with E-state index in [2.05, 4.69) is 0 Å². The summed E-state index contributed by atoms with van der Waals surface area (Å²) in [5, 5.41) is 0.701. The minimum Gasteiger partial charge on any atom is -0.425 e. The summed E-state index contributed by atoms with van der Waals surface area (Å²) in [6.07, 6.45) is 0.587. The highest BCUT2D eigenvalue weighted by Crippen LogP contribution is 2.29. The van der Waals surface area contributed by atoms with Crippen LogP contribution in [-0.4, -0.2) is 25.9 Å². The van der Waals surface area contributed by atoms with Crippen molar-refractivity contribution in [3.63, 3.8) is 0 Å². The number of halogens is 2. The first kappa shape index (κ1) is 14.6. The van der Waals surface area contributed by atoms with E-state index in [1.165, 1.54) is 12.1 Å². The predicted molar refractivity (Wildman–Crippen MR) is 73.5 cm³/mol. The van der Waals surface area contributed by atoms with Crippen LogP contribution in [0.4, 0.5) is 0 Å². The SMILES string of the molecule is O=C(CC1CCS(=O)(=O)C1)Oc1ccc(Cl)cc1Cl. The summed E-state index contributed by atoms with van der Waals surface area (Å²) < 4.78 is 27.7. The standard InChI is InChI=1S/C12H12Cl2O4S/c13-9-1-2-11(10(14)6-9)18-12(15)5-8-3-4-19(16,17)7-8/h1-2,6,8H,3-5,7H2. The van der Waals surface area contributed by atoms with Gasteiger partial charge in [-0.3, -0.25) is 4.79 Å².